The van der Waals surface area contributed by atoms with E-state index in [1.807, 2.05) is 36.4 Å². The number of hydrogen-bond donors (Lipinski definition) is 2. The van der Waals surface area contributed by atoms with Gasteiger partial charge in [0.05, 0.1) is 17.4 Å². The van der Waals surface area contributed by atoms with Crippen molar-refractivity contribution in [2.24, 2.45) is 0 Å². The van der Waals surface area contributed by atoms with Crippen molar-refractivity contribution in [3.05, 3.63) is 71.2 Å². The summed E-state index contributed by atoms with van der Waals surface area (Å²) in [5.74, 6) is 1.40. The van der Waals surface area contributed by atoms with Crippen molar-refractivity contribution >= 4 is 39.7 Å². The van der Waals surface area contributed by atoms with Crippen molar-refractivity contribution < 1.29 is 0 Å². The molecule has 0 aliphatic rings. The summed E-state index contributed by atoms with van der Waals surface area (Å²) < 4.78 is 0. The highest BCUT2D eigenvalue weighted by molar-refractivity contribution is 7.09. The third-order valence-corrected chi connectivity index (χ3v) is 4.70. The summed E-state index contributed by atoms with van der Waals surface area (Å²) in [5.41, 5.74) is 1.77. The Hall–Kier alpha value is -2.99. The summed E-state index contributed by atoms with van der Waals surface area (Å²) in [6, 6.07) is 16.1. The zero-order valence-electron chi connectivity index (χ0n) is 13.5. The monoisotopic (exact) mass is 347 g/mol. The average molecular weight is 347 g/mol. The highest BCUT2D eigenvalue weighted by Crippen LogP contribution is 2.23. The summed E-state index contributed by atoms with van der Waals surface area (Å²) in [7, 11) is 0. The molecule has 2 N–H and O–H groups in total. The summed E-state index contributed by atoms with van der Waals surface area (Å²) in [6.45, 7) is 0.827. The standard InChI is InChI=1S/C19H17N5S/c1-2-8-17-16(7-1)18(21-11-9-15-6-4-12-25-15)24-19(23-17)22-14-5-3-10-20-13-14/h1-8,10,12-13H,9,11H2,(H2,21,22,23,24). The number of rotatable bonds is 6. The molecule has 0 unspecified atom stereocenters. The Bertz CT molecular complexity index is 954. The van der Waals surface area contributed by atoms with Crippen LogP contribution in [0.1, 0.15) is 4.88 Å². The maximum Gasteiger partial charge on any atom is 0.229 e. The Morgan fingerprint density at radius 2 is 1.92 bits per heavy atom. The van der Waals surface area contributed by atoms with Gasteiger partial charge < -0.3 is 10.6 Å². The summed E-state index contributed by atoms with van der Waals surface area (Å²) >= 11 is 1.77. The number of fused-ring (bicyclic) bond motifs is 1. The predicted octanol–water partition coefficient (Wildman–Crippen LogP) is 4.48. The van der Waals surface area contributed by atoms with E-state index in [-0.39, 0.29) is 0 Å². The number of nitrogens with zero attached hydrogens (tertiary/aromatic N) is 3. The topological polar surface area (TPSA) is 62.7 Å². The lowest BCUT2D eigenvalue weighted by molar-refractivity contribution is 1.03. The zero-order valence-corrected chi connectivity index (χ0v) is 14.3. The van der Waals surface area contributed by atoms with E-state index in [9.17, 15) is 0 Å². The van der Waals surface area contributed by atoms with Crippen LogP contribution in [0.15, 0.2) is 66.3 Å². The van der Waals surface area contributed by atoms with Gasteiger partial charge in [-0.3, -0.25) is 4.98 Å². The van der Waals surface area contributed by atoms with E-state index < -0.39 is 0 Å². The van der Waals surface area contributed by atoms with Crippen molar-refractivity contribution in [3.8, 4) is 0 Å². The zero-order chi connectivity index (χ0) is 16.9. The molecule has 0 saturated heterocycles. The number of hydrogen-bond acceptors (Lipinski definition) is 6. The van der Waals surface area contributed by atoms with E-state index in [0.717, 1.165) is 35.4 Å². The Balaban J connectivity index is 1.59. The molecule has 0 fully saturated rings. The first-order valence-electron chi connectivity index (χ1n) is 8.08. The lowest BCUT2D eigenvalue weighted by Gasteiger charge is -2.11. The van der Waals surface area contributed by atoms with Crippen molar-refractivity contribution in [2.45, 2.75) is 6.42 Å². The molecule has 0 spiro atoms. The molecule has 3 heterocycles. The second-order valence-corrected chi connectivity index (χ2v) is 6.57. The van der Waals surface area contributed by atoms with Crippen LogP contribution < -0.4 is 10.6 Å². The van der Waals surface area contributed by atoms with Gasteiger partial charge in [-0.25, -0.2) is 4.98 Å². The van der Waals surface area contributed by atoms with Gasteiger partial charge in [0.1, 0.15) is 5.82 Å². The number of nitrogens with one attached hydrogen (secondary N) is 2. The molecule has 0 radical (unpaired) electrons. The van der Waals surface area contributed by atoms with Crippen molar-refractivity contribution in [1.82, 2.24) is 15.0 Å². The Labute approximate surface area is 149 Å². The van der Waals surface area contributed by atoms with Crippen molar-refractivity contribution in [2.75, 3.05) is 17.2 Å². The van der Waals surface area contributed by atoms with Gasteiger partial charge in [-0.2, -0.15) is 4.98 Å². The van der Waals surface area contributed by atoms with Gasteiger partial charge >= 0.3 is 0 Å². The van der Waals surface area contributed by atoms with E-state index >= 15 is 0 Å². The van der Waals surface area contributed by atoms with E-state index in [2.05, 4.69) is 43.1 Å². The molecule has 5 nitrogen and oxygen atoms in total. The van der Waals surface area contributed by atoms with E-state index in [1.165, 1.54) is 4.88 Å². The molecule has 6 heteroatoms. The smallest absolute Gasteiger partial charge is 0.229 e. The molecule has 4 rings (SSSR count). The van der Waals surface area contributed by atoms with E-state index in [4.69, 9.17) is 0 Å². The first kappa shape index (κ1) is 15.5. The highest BCUT2D eigenvalue weighted by Gasteiger charge is 2.08. The lowest BCUT2D eigenvalue weighted by atomic mass is 10.2. The fraction of sp³-hybridized carbons (Fsp3) is 0.105. The van der Waals surface area contributed by atoms with Crippen LogP contribution in [-0.4, -0.2) is 21.5 Å². The van der Waals surface area contributed by atoms with Crippen LogP contribution in [0.2, 0.25) is 0 Å². The number of anilines is 3. The third-order valence-electron chi connectivity index (χ3n) is 3.76. The van der Waals surface area contributed by atoms with Gasteiger partial charge in [-0.05, 0) is 42.1 Å². The quantitative estimate of drug-likeness (QED) is 0.538. The van der Waals surface area contributed by atoms with Crippen molar-refractivity contribution in [1.29, 1.82) is 0 Å². The van der Waals surface area contributed by atoms with Gasteiger partial charge in [0, 0.05) is 23.0 Å². The molecule has 124 valence electrons. The minimum atomic E-state index is 0.560. The Kier molecular flexibility index (Phi) is 4.52. The molecule has 0 atom stereocenters. The van der Waals surface area contributed by atoms with Gasteiger partial charge in [-0.15, -0.1) is 11.3 Å². The second kappa shape index (κ2) is 7.27. The molecule has 0 bridgehead atoms. The van der Waals surface area contributed by atoms with Crippen molar-refractivity contribution in [3.63, 3.8) is 0 Å². The van der Waals surface area contributed by atoms with Crippen LogP contribution in [0.5, 0.6) is 0 Å². The van der Waals surface area contributed by atoms with Crippen LogP contribution in [0.4, 0.5) is 17.5 Å². The second-order valence-electron chi connectivity index (χ2n) is 5.54. The molecular formula is C19H17N5S. The average Bonchev–Trinajstić information content (AvgIpc) is 3.16. The maximum atomic E-state index is 4.66. The molecule has 1 aromatic carbocycles. The van der Waals surface area contributed by atoms with Crippen LogP contribution >= 0.6 is 11.3 Å². The van der Waals surface area contributed by atoms with Crippen LogP contribution in [0, 0.1) is 0 Å². The summed E-state index contributed by atoms with van der Waals surface area (Å²) in [4.78, 5) is 14.7. The number of benzene rings is 1. The van der Waals surface area contributed by atoms with Gasteiger partial charge in [0.25, 0.3) is 0 Å². The highest BCUT2D eigenvalue weighted by atomic mass is 32.1. The van der Waals surface area contributed by atoms with Gasteiger partial charge in [0.15, 0.2) is 0 Å². The number of pyridine rings is 1. The van der Waals surface area contributed by atoms with Crippen LogP contribution in [-0.2, 0) is 6.42 Å². The fourth-order valence-corrected chi connectivity index (χ4v) is 3.30. The minimum absolute atomic E-state index is 0.560. The molecule has 0 aliphatic heterocycles. The van der Waals surface area contributed by atoms with E-state index in [1.54, 1.807) is 23.7 Å². The normalized spacial score (nSPS) is 10.7. The Morgan fingerprint density at radius 1 is 0.960 bits per heavy atom. The first-order valence-corrected chi connectivity index (χ1v) is 8.96. The molecule has 25 heavy (non-hydrogen) atoms. The summed E-state index contributed by atoms with van der Waals surface area (Å²) in [6.07, 6.45) is 4.47. The molecule has 0 saturated carbocycles. The largest absolute Gasteiger partial charge is 0.369 e. The number of thiophene rings is 1. The van der Waals surface area contributed by atoms with Gasteiger partial charge in [0.2, 0.25) is 5.95 Å². The fourth-order valence-electron chi connectivity index (χ4n) is 2.59. The number of aromatic nitrogens is 3. The molecule has 3 aromatic heterocycles. The summed E-state index contributed by atoms with van der Waals surface area (Å²) in [5, 5.41) is 9.79. The van der Waals surface area contributed by atoms with E-state index in [0.29, 0.717) is 5.95 Å². The molecule has 4 aromatic rings. The molecule has 0 aliphatic carbocycles. The van der Waals surface area contributed by atoms with Crippen LogP contribution in [0.3, 0.4) is 0 Å². The maximum absolute atomic E-state index is 4.66. The third kappa shape index (κ3) is 3.75. The number of para-hydroxylation sites is 1. The minimum Gasteiger partial charge on any atom is -0.369 e. The Morgan fingerprint density at radius 3 is 2.76 bits per heavy atom. The first-order chi connectivity index (χ1) is 12.4. The molecule has 0 amide bonds. The lowest BCUT2D eigenvalue weighted by Crippen LogP contribution is -2.08. The van der Waals surface area contributed by atoms with Gasteiger partial charge in [-0.1, -0.05) is 18.2 Å². The SMILES string of the molecule is c1cncc(Nc2nc(NCCc3cccs3)c3ccccc3n2)c1. The predicted molar refractivity (Wildman–Crippen MR) is 104 cm³/mol. The van der Waals surface area contributed by atoms with Crippen LogP contribution in [0.25, 0.3) is 10.9 Å². The molecular weight excluding hydrogens is 330 g/mol.